The Morgan fingerprint density at radius 3 is 1.84 bits per heavy atom. The Balaban J connectivity index is 1.69. The quantitative estimate of drug-likeness (QED) is 0.540. The lowest BCUT2D eigenvalue weighted by molar-refractivity contribution is -0.145. The summed E-state index contributed by atoms with van der Waals surface area (Å²) >= 11 is 5.87. The van der Waals surface area contributed by atoms with E-state index in [0.717, 1.165) is 16.7 Å². The fourth-order valence-corrected chi connectivity index (χ4v) is 2.89. The molecule has 0 atom stereocenters. The molecule has 0 bridgehead atoms. The highest BCUT2D eigenvalue weighted by atomic mass is 35.5. The van der Waals surface area contributed by atoms with Crippen LogP contribution in [-0.2, 0) is 16.1 Å². The summed E-state index contributed by atoms with van der Waals surface area (Å²) in [4.78, 5) is 12.4. The van der Waals surface area contributed by atoms with Gasteiger partial charge in [0.1, 0.15) is 6.61 Å². The van der Waals surface area contributed by atoms with E-state index in [1.165, 1.54) is 0 Å². The smallest absolute Gasteiger partial charge is 0.307 e. The maximum absolute atomic E-state index is 12.4. The van der Waals surface area contributed by atoms with E-state index in [2.05, 4.69) is 0 Å². The number of carbonyl (C=O) groups excluding carboxylic acids is 1. The highest BCUT2D eigenvalue weighted by Gasteiger charge is 2.19. The number of hydrogen-bond acceptors (Lipinski definition) is 2. The van der Waals surface area contributed by atoms with Gasteiger partial charge in [0.25, 0.3) is 0 Å². The largest absolute Gasteiger partial charge is 0.461 e. The van der Waals surface area contributed by atoms with E-state index in [1.807, 2.05) is 72.8 Å². The Morgan fingerprint density at radius 2 is 1.32 bits per heavy atom. The minimum Gasteiger partial charge on any atom is -0.461 e. The van der Waals surface area contributed by atoms with Gasteiger partial charge in [-0.05, 0) is 28.8 Å². The normalized spacial score (nSPS) is 10.6. The molecular formula is C22H19ClO2. The van der Waals surface area contributed by atoms with E-state index >= 15 is 0 Å². The molecule has 0 aliphatic carbocycles. The van der Waals surface area contributed by atoms with Crippen LogP contribution in [0, 0.1) is 0 Å². The van der Waals surface area contributed by atoms with Crippen LogP contribution in [-0.4, -0.2) is 5.97 Å². The van der Waals surface area contributed by atoms with Crippen LogP contribution in [0.2, 0.25) is 5.02 Å². The van der Waals surface area contributed by atoms with Crippen molar-refractivity contribution < 1.29 is 9.53 Å². The zero-order valence-corrected chi connectivity index (χ0v) is 14.5. The fraction of sp³-hybridized carbons (Fsp3) is 0.136. The SMILES string of the molecule is O=C(CC(c1ccccc1)c1ccccc1)OCc1ccc(Cl)cc1. The van der Waals surface area contributed by atoms with Crippen molar-refractivity contribution in [3.8, 4) is 0 Å². The number of benzene rings is 3. The molecule has 0 radical (unpaired) electrons. The molecule has 0 heterocycles. The molecule has 3 aromatic carbocycles. The average molecular weight is 351 g/mol. The number of hydrogen-bond donors (Lipinski definition) is 0. The molecule has 0 aliphatic heterocycles. The highest BCUT2D eigenvalue weighted by molar-refractivity contribution is 6.30. The lowest BCUT2D eigenvalue weighted by Gasteiger charge is -2.17. The number of esters is 1. The summed E-state index contributed by atoms with van der Waals surface area (Å²) in [7, 11) is 0. The van der Waals surface area contributed by atoms with Gasteiger partial charge < -0.3 is 4.74 Å². The second kappa shape index (κ2) is 8.50. The number of halogens is 1. The molecule has 0 aromatic heterocycles. The maximum atomic E-state index is 12.4. The van der Waals surface area contributed by atoms with E-state index in [1.54, 1.807) is 12.1 Å². The molecule has 0 N–H and O–H groups in total. The van der Waals surface area contributed by atoms with Crippen molar-refractivity contribution >= 4 is 17.6 Å². The predicted octanol–water partition coefficient (Wildman–Crippen LogP) is 5.61. The van der Waals surface area contributed by atoms with E-state index in [4.69, 9.17) is 16.3 Å². The van der Waals surface area contributed by atoms with Crippen molar-refractivity contribution in [2.24, 2.45) is 0 Å². The Hall–Kier alpha value is -2.58. The van der Waals surface area contributed by atoms with Crippen LogP contribution in [0.25, 0.3) is 0 Å². The summed E-state index contributed by atoms with van der Waals surface area (Å²) in [5.74, 6) is -0.229. The number of rotatable bonds is 6. The molecule has 3 rings (SSSR count). The summed E-state index contributed by atoms with van der Waals surface area (Å²) in [6.07, 6.45) is 0.307. The van der Waals surface area contributed by atoms with Gasteiger partial charge in [-0.15, -0.1) is 0 Å². The van der Waals surface area contributed by atoms with Crippen molar-refractivity contribution in [1.29, 1.82) is 0 Å². The van der Waals surface area contributed by atoms with Crippen molar-refractivity contribution in [3.63, 3.8) is 0 Å². The molecule has 0 unspecified atom stereocenters. The molecule has 0 aliphatic rings. The highest BCUT2D eigenvalue weighted by Crippen LogP contribution is 2.28. The predicted molar refractivity (Wildman–Crippen MR) is 101 cm³/mol. The number of ether oxygens (including phenoxy) is 1. The molecule has 0 spiro atoms. The molecular weight excluding hydrogens is 332 g/mol. The summed E-state index contributed by atoms with van der Waals surface area (Å²) in [5, 5.41) is 0.670. The second-order valence-corrected chi connectivity index (χ2v) is 6.30. The minimum atomic E-state index is -0.215. The molecule has 126 valence electrons. The van der Waals surface area contributed by atoms with Gasteiger partial charge in [0.15, 0.2) is 0 Å². The molecule has 0 fully saturated rings. The fourth-order valence-electron chi connectivity index (χ4n) is 2.77. The van der Waals surface area contributed by atoms with E-state index < -0.39 is 0 Å². The van der Waals surface area contributed by atoms with Gasteiger partial charge in [-0.1, -0.05) is 84.4 Å². The maximum Gasteiger partial charge on any atom is 0.307 e. The van der Waals surface area contributed by atoms with E-state index in [9.17, 15) is 4.79 Å². The van der Waals surface area contributed by atoms with Crippen LogP contribution >= 0.6 is 11.6 Å². The first-order valence-corrected chi connectivity index (χ1v) is 8.60. The lowest BCUT2D eigenvalue weighted by atomic mass is 9.89. The number of carbonyl (C=O) groups is 1. The topological polar surface area (TPSA) is 26.3 Å². The summed E-state index contributed by atoms with van der Waals surface area (Å²) in [6.45, 7) is 0.256. The first-order valence-electron chi connectivity index (χ1n) is 8.22. The monoisotopic (exact) mass is 350 g/mol. The lowest BCUT2D eigenvalue weighted by Crippen LogP contribution is -2.11. The van der Waals surface area contributed by atoms with Crippen LogP contribution in [0.15, 0.2) is 84.9 Å². The standard InChI is InChI=1S/C22H19ClO2/c23-20-13-11-17(12-14-20)16-25-22(24)15-21(18-7-3-1-4-8-18)19-9-5-2-6-10-19/h1-14,21H,15-16H2. The van der Waals surface area contributed by atoms with Gasteiger partial charge in [-0.2, -0.15) is 0 Å². The molecule has 3 aromatic rings. The summed E-state index contributed by atoms with van der Waals surface area (Å²) in [6, 6.07) is 27.4. The zero-order valence-electron chi connectivity index (χ0n) is 13.8. The Labute approximate surface area is 153 Å². The molecule has 0 amide bonds. The van der Waals surface area contributed by atoms with Crippen LogP contribution < -0.4 is 0 Å². The van der Waals surface area contributed by atoms with Crippen molar-refractivity contribution in [3.05, 3.63) is 107 Å². The van der Waals surface area contributed by atoms with Gasteiger partial charge >= 0.3 is 5.97 Å². The molecule has 3 heteroatoms. The molecule has 2 nitrogen and oxygen atoms in total. The molecule has 25 heavy (non-hydrogen) atoms. The average Bonchev–Trinajstić information content (AvgIpc) is 2.67. The molecule has 0 saturated heterocycles. The summed E-state index contributed by atoms with van der Waals surface area (Å²) < 4.78 is 5.46. The third kappa shape index (κ3) is 4.94. The first kappa shape index (κ1) is 17.2. The zero-order chi connectivity index (χ0) is 17.5. The van der Waals surface area contributed by atoms with Crippen molar-refractivity contribution in [1.82, 2.24) is 0 Å². The van der Waals surface area contributed by atoms with Gasteiger partial charge in [0, 0.05) is 10.9 Å². The summed E-state index contributed by atoms with van der Waals surface area (Å²) in [5.41, 5.74) is 3.14. The third-order valence-electron chi connectivity index (χ3n) is 4.09. The van der Waals surface area contributed by atoms with Gasteiger partial charge in [-0.3, -0.25) is 4.79 Å². The second-order valence-electron chi connectivity index (χ2n) is 5.87. The van der Waals surface area contributed by atoms with Crippen LogP contribution in [0.5, 0.6) is 0 Å². The van der Waals surface area contributed by atoms with Crippen LogP contribution in [0.1, 0.15) is 29.0 Å². The Kier molecular flexibility index (Phi) is 5.86. The van der Waals surface area contributed by atoms with Gasteiger partial charge in [0.05, 0.1) is 6.42 Å². The van der Waals surface area contributed by atoms with Gasteiger partial charge in [0.2, 0.25) is 0 Å². The van der Waals surface area contributed by atoms with Crippen LogP contribution in [0.4, 0.5) is 0 Å². The Bertz CT molecular complexity index is 759. The molecule has 0 saturated carbocycles. The van der Waals surface area contributed by atoms with Gasteiger partial charge in [-0.25, -0.2) is 0 Å². The van der Waals surface area contributed by atoms with E-state index in [-0.39, 0.29) is 18.5 Å². The third-order valence-corrected chi connectivity index (χ3v) is 4.34. The van der Waals surface area contributed by atoms with Crippen LogP contribution in [0.3, 0.4) is 0 Å². The van der Waals surface area contributed by atoms with Crippen molar-refractivity contribution in [2.45, 2.75) is 18.9 Å². The van der Waals surface area contributed by atoms with Crippen molar-refractivity contribution in [2.75, 3.05) is 0 Å². The van der Waals surface area contributed by atoms with E-state index in [0.29, 0.717) is 11.4 Å². The first-order chi connectivity index (χ1) is 12.2. The Morgan fingerprint density at radius 1 is 0.800 bits per heavy atom. The minimum absolute atomic E-state index is 0.0138.